The second-order valence-electron chi connectivity index (χ2n) is 2.22. The number of hydrogen-bond acceptors (Lipinski definition) is 3. The van der Waals surface area contributed by atoms with Gasteiger partial charge in [-0.3, -0.25) is 10.1 Å². The predicted molar refractivity (Wildman–Crippen MR) is 43.9 cm³/mol. The summed E-state index contributed by atoms with van der Waals surface area (Å²) in [6.07, 6.45) is 0. The van der Waals surface area contributed by atoms with Gasteiger partial charge in [0.1, 0.15) is 5.75 Å². The second-order valence-corrected chi connectivity index (χ2v) is 2.22. The molecule has 0 bridgehead atoms. The van der Waals surface area contributed by atoms with Gasteiger partial charge in [0.05, 0.1) is 11.5 Å². The Morgan fingerprint density at radius 2 is 2.31 bits per heavy atom. The summed E-state index contributed by atoms with van der Waals surface area (Å²) < 4.78 is 17.7. The molecule has 1 aromatic carbocycles. The van der Waals surface area contributed by atoms with E-state index in [1.807, 2.05) is 0 Å². The number of nitrogens with zero attached hydrogens (tertiary/aromatic N) is 1. The van der Waals surface area contributed by atoms with Crippen molar-refractivity contribution in [3.8, 4) is 5.75 Å². The third-order valence-electron chi connectivity index (χ3n) is 1.38. The maximum absolute atomic E-state index is 12.9. The van der Waals surface area contributed by atoms with Crippen molar-refractivity contribution in [3.05, 3.63) is 41.1 Å². The van der Waals surface area contributed by atoms with E-state index < -0.39 is 16.4 Å². The van der Waals surface area contributed by atoms with Crippen LogP contribution in [0, 0.1) is 22.9 Å². The van der Waals surface area contributed by atoms with Crippen molar-refractivity contribution >= 4 is 5.69 Å². The summed E-state index contributed by atoms with van der Waals surface area (Å²) in [5.41, 5.74) is -0.559. The Morgan fingerprint density at radius 3 is 2.77 bits per heavy atom. The summed E-state index contributed by atoms with van der Waals surface area (Å²) in [6, 6.07) is 3.34. The second kappa shape index (κ2) is 3.84. The average Bonchev–Trinajstić information content (AvgIpc) is 2.04. The summed E-state index contributed by atoms with van der Waals surface area (Å²) in [5.74, 6) is -0.672. The lowest BCUT2D eigenvalue weighted by Crippen LogP contribution is -1.95. The standard InChI is InChI=1S/C8H7FNO3/c1-2-13-6-3-4-8(10(11)12)7(9)5-6/h3-5H,1-2H2. The van der Waals surface area contributed by atoms with Gasteiger partial charge >= 0.3 is 5.69 Å². The van der Waals surface area contributed by atoms with E-state index in [4.69, 9.17) is 4.74 Å². The molecule has 0 heterocycles. The maximum atomic E-state index is 12.9. The molecule has 0 amide bonds. The molecule has 0 fully saturated rings. The summed E-state index contributed by atoms with van der Waals surface area (Å²) in [7, 11) is 0. The van der Waals surface area contributed by atoms with Gasteiger partial charge in [0.2, 0.25) is 5.82 Å². The minimum absolute atomic E-state index is 0.150. The molecule has 0 aliphatic heterocycles. The number of nitro benzene ring substituents is 1. The molecule has 69 valence electrons. The molecule has 0 aliphatic rings. The van der Waals surface area contributed by atoms with Crippen LogP contribution >= 0.6 is 0 Å². The quantitative estimate of drug-likeness (QED) is 0.532. The van der Waals surface area contributed by atoms with Crippen LogP contribution in [0.2, 0.25) is 0 Å². The van der Waals surface area contributed by atoms with Gasteiger partial charge in [-0.25, -0.2) is 0 Å². The zero-order chi connectivity index (χ0) is 9.84. The van der Waals surface area contributed by atoms with Gasteiger partial charge in [-0.15, -0.1) is 0 Å². The number of benzene rings is 1. The number of ether oxygens (including phenoxy) is 1. The summed E-state index contributed by atoms with van der Waals surface area (Å²) in [6.45, 7) is 3.54. The van der Waals surface area contributed by atoms with Crippen LogP contribution in [0.1, 0.15) is 0 Å². The first-order valence-corrected chi connectivity index (χ1v) is 3.51. The van der Waals surface area contributed by atoms with Crippen molar-refractivity contribution < 1.29 is 14.1 Å². The molecular weight excluding hydrogens is 177 g/mol. The van der Waals surface area contributed by atoms with E-state index in [0.717, 1.165) is 12.1 Å². The minimum Gasteiger partial charge on any atom is -0.493 e. The molecule has 1 rings (SSSR count). The van der Waals surface area contributed by atoms with Gasteiger partial charge in [-0.1, -0.05) is 0 Å². The molecule has 5 heteroatoms. The van der Waals surface area contributed by atoms with E-state index in [1.54, 1.807) is 0 Å². The highest BCUT2D eigenvalue weighted by Gasteiger charge is 2.13. The molecule has 4 nitrogen and oxygen atoms in total. The topological polar surface area (TPSA) is 52.4 Å². The van der Waals surface area contributed by atoms with Gasteiger partial charge < -0.3 is 4.74 Å². The van der Waals surface area contributed by atoms with E-state index in [9.17, 15) is 14.5 Å². The van der Waals surface area contributed by atoms with Crippen LogP contribution in [-0.2, 0) is 0 Å². The zero-order valence-corrected chi connectivity index (χ0v) is 6.70. The highest BCUT2D eigenvalue weighted by atomic mass is 19.1. The fourth-order valence-corrected chi connectivity index (χ4v) is 0.843. The van der Waals surface area contributed by atoms with E-state index in [0.29, 0.717) is 0 Å². The van der Waals surface area contributed by atoms with Crippen molar-refractivity contribution in [1.82, 2.24) is 0 Å². The van der Waals surface area contributed by atoms with Crippen molar-refractivity contribution in [2.75, 3.05) is 6.61 Å². The van der Waals surface area contributed by atoms with Gasteiger partial charge in [0.25, 0.3) is 0 Å². The third kappa shape index (κ3) is 2.14. The van der Waals surface area contributed by atoms with Gasteiger partial charge in [-0.2, -0.15) is 4.39 Å². The molecule has 0 spiro atoms. The summed E-state index contributed by atoms with van der Waals surface area (Å²) >= 11 is 0. The van der Waals surface area contributed by atoms with Gasteiger partial charge in [0, 0.05) is 12.1 Å². The molecule has 1 aromatic rings. The highest BCUT2D eigenvalue weighted by Crippen LogP contribution is 2.21. The molecule has 0 atom stereocenters. The summed E-state index contributed by atoms with van der Waals surface area (Å²) in [4.78, 5) is 9.41. The first-order valence-electron chi connectivity index (χ1n) is 3.51. The molecule has 0 saturated carbocycles. The first-order chi connectivity index (χ1) is 6.15. The van der Waals surface area contributed by atoms with E-state index >= 15 is 0 Å². The maximum Gasteiger partial charge on any atom is 0.305 e. The van der Waals surface area contributed by atoms with Crippen LogP contribution in [0.4, 0.5) is 10.1 Å². The Kier molecular flexibility index (Phi) is 2.79. The lowest BCUT2D eigenvalue weighted by atomic mass is 10.3. The molecule has 0 unspecified atom stereocenters. The lowest BCUT2D eigenvalue weighted by Gasteiger charge is -2.01. The Balaban J connectivity index is 2.98. The average molecular weight is 184 g/mol. The monoisotopic (exact) mass is 184 g/mol. The molecule has 0 N–H and O–H groups in total. The molecular formula is C8H7FNO3. The third-order valence-corrected chi connectivity index (χ3v) is 1.38. The Hall–Kier alpha value is -1.65. The van der Waals surface area contributed by atoms with Crippen molar-refractivity contribution in [2.24, 2.45) is 0 Å². The van der Waals surface area contributed by atoms with Crippen LogP contribution < -0.4 is 4.74 Å². The van der Waals surface area contributed by atoms with Crippen LogP contribution in [0.25, 0.3) is 0 Å². The molecule has 1 radical (unpaired) electrons. The van der Waals surface area contributed by atoms with Crippen LogP contribution in [-0.4, -0.2) is 11.5 Å². The van der Waals surface area contributed by atoms with Crippen LogP contribution in [0.15, 0.2) is 18.2 Å². The van der Waals surface area contributed by atoms with Crippen LogP contribution in [0.5, 0.6) is 5.75 Å². The Labute approximate surface area is 74.1 Å². The highest BCUT2D eigenvalue weighted by molar-refractivity contribution is 5.37. The summed E-state index contributed by atoms with van der Waals surface area (Å²) in [5, 5.41) is 10.2. The fraction of sp³-hybridized carbons (Fsp3) is 0.125. The van der Waals surface area contributed by atoms with Crippen LogP contribution in [0.3, 0.4) is 0 Å². The number of halogens is 1. The SMILES string of the molecule is [CH2]COc1ccc([N+](=O)[O-])c(F)c1. The molecule has 0 aromatic heterocycles. The van der Waals surface area contributed by atoms with Crippen molar-refractivity contribution in [2.45, 2.75) is 0 Å². The predicted octanol–water partition coefficient (Wildman–Crippen LogP) is 1.95. The molecule has 0 saturated heterocycles. The normalized spacial score (nSPS) is 9.69. The Morgan fingerprint density at radius 1 is 1.62 bits per heavy atom. The molecule has 13 heavy (non-hydrogen) atoms. The smallest absolute Gasteiger partial charge is 0.305 e. The minimum atomic E-state index is -0.907. The Bertz CT molecular complexity index is 327. The van der Waals surface area contributed by atoms with Crippen molar-refractivity contribution in [3.63, 3.8) is 0 Å². The number of hydrogen-bond donors (Lipinski definition) is 0. The van der Waals surface area contributed by atoms with Gasteiger partial charge in [0.15, 0.2) is 0 Å². The number of rotatable bonds is 3. The number of nitro groups is 1. The zero-order valence-electron chi connectivity index (χ0n) is 6.70. The fourth-order valence-electron chi connectivity index (χ4n) is 0.843. The van der Waals surface area contributed by atoms with E-state index in [-0.39, 0.29) is 12.4 Å². The first kappa shape index (κ1) is 9.44. The lowest BCUT2D eigenvalue weighted by molar-refractivity contribution is -0.387. The van der Waals surface area contributed by atoms with E-state index in [1.165, 1.54) is 6.07 Å². The van der Waals surface area contributed by atoms with Crippen molar-refractivity contribution in [1.29, 1.82) is 0 Å². The molecule has 0 aliphatic carbocycles. The van der Waals surface area contributed by atoms with E-state index in [2.05, 4.69) is 6.92 Å². The largest absolute Gasteiger partial charge is 0.493 e. The van der Waals surface area contributed by atoms with Gasteiger partial charge in [-0.05, 0) is 13.0 Å².